The van der Waals surface area contributed by atoms with E-state index in [-0.39, 0.29) is 23.7 Å². The quantitative estimate of drug-likeness (QED) is 0.790. The van der Waals surface area contributed by atoms with Gasteiger partial charge in [-0.25, -0.2) is 0 Å². The van der Waals surface area contributed by atoms with Gasteiger partial charge in [-0.2, -0.15) is 0 Å². The van der Waals surface area contributed by atoms with E-state index in [1.165, 1.54) is 25.7 Å². The van der Waals surface area contributed by atoms with Gasteiger partial charge in [0.15, 0.2) is 0 Å². The van der Waals surface area contributed by atoms with E-state index < -0.39 is 0 Å². The van der Waals surface area contributed by atoms with Gasteiger partial charge in [-0.3, -0.25) is 4.79 Å². The van der Waals surface area contributed by atoms with Gasteiger partial charge in [0.25, 0.3) is 0 Å². The number of halogens is 1. The van der Waals surface area contributed by atoms with Crippen molar-refractivity contribution in [1.82, 2.24) is 10.6 Å². The zero-order valence-electron chi connectivity index (χ0n) is 12.6. The van der Waals surface area contributed by atoms with Gasteiger partial charge < -0.3 is 15.4 Å². The van der Waals surface area contributed by atoms with Crippen LogP contribution in [0.3, 0.4) is 0 Å². The molecule has 1 aliphatic heterocycles. The summed E-state index contributed by atoms with van der Waals surface area (Å²) in [4.78, 5) is 12.5. The first-order valence-electron chi connectivity index (χ1n) is 7.75. The lowest BCUT2D eigenvalue weighted by Crippen LogP contribution is -2.50. The van der Waals surface area contributed by atoms with E-state index in [4.69, 9.17) is 4.74 Å². The van der Waals surface area contributed by atoms with Crippen LogP contribution in [0.1, 0.15) is 44.9 Å². The minimum atomic E-state index is -0.296. The maximum Gasteiger partial charge on any atom is 0.228 e. The third-order valence-corrected chi connectivity index (χ3v) is 4.78. The van der Waals surface area contributed by atoms with E-state index in [2.05, 4.69) is 10.6 Å². The predicted octanol–water partition coefficient (Wildman–Crippen LogP) is 2.12. The molecule has 1 saturated heterocycles. The van der Waals surface area contributed by atoms with Crippen molar-refractivity contribution < 1.29 is 9.53 Å². The number of hydrogen-bond donors (Lipinski definition) is 2. The van der Waals surface area contributed by atoms with Crippen molar-refractivity contribution in [1.29, 1.82) is 0 Å². The minimum Gasteiger partial charge on any atom is -0.384 e. The fraction of sp³-hybridized carbons (Fsp3) is 0.933. The van der Waals surface area contributed by atoms with E-state index >= 15 is 0 Å². The highest BCUT2D eigenvalue weighted by Crippen LogP contribution is 2.30. The molecule has 0 bridgehead atoms. The molecule has 4 nitrogen and oxygen atoms in total. The zero-order valence-corrected chi connectivity index (χ0v) is 13.4. The minimum absolute atomic E-state index is 0. The molecule has 20 heavy (non-hydrogen) atoms. The van der Waals surface area contributed by atoms with Crippen LogP contribution in [0, 0.1) is 11.3 Å². The maximum absolute atomic E-state index is 12.5. The summed E-state index contributed by atoms with van der Waals surface area (Å²) in [5.41, 5.74) is -0.296. The SMILES string of the molecule is COCC1(C(=O)NCCC2CCCC2)CCNCC1.Cl. The molecule has 0 atom stereocenters. The monoisotopic (exact) mass is 304 g/mol. The molecule has 0 unspecified atom stereocenters. The van der Waals surface area contributed by atoms with Crippen LogP contribution in [0.15, 0.2) is 0 Å². The van der Waals surface area contributed by atoms with Crippen molar-refractivity contribution in [2.45, 2.75) is 44.9 Å². The Kier molecular flexibility index (Phi) is 7.85. The number of methoxy groups -OCH3 is 1. The molecular formula is C15H29ClN2O2. The number of hydrogen-bond acceptors (Lipinski definition) is 3. The summed E-state index contributed by atoms with van der Waals surface area (Å²) in [6, 6.07) is 0. The smallest absolute Gasteiger partial charge is 0.228 e. The van der Waals surface area contributed by atoms with Gasteiger partial charge in [0.05, 0.1) is 12.0 Å². The third-order valence-electron chi connectivity index (χ3n) is 4.78. The topological polar surface area (TPSA) is 50.4 Å². The Morgan fingerprint density at radius 3 is 2.55 bits per heavy atom. The molecule has 1 aliphatic carbocycles. The Morgan fingerprint density at radius 2 is 1.95 bits per heavy atom. The number of carbonyl (C=O) groups is 1. The second kappa shape index (κ2) is 8.85. The standard InChI is InChI=1S/C15H28N2O2.ClH/c1-19-12-15(7-10-16-11-8-15)14(18)17-9-6-13-4-2-3-5-13;/h13,16H,2-12H2,1H3,(H,17,18);1H. The normalized spacial score (nSPS) is 22.2. The summed E-state index contributed by atoms with van der Waals surface area (Å²) < 4.78 is 5.30. The lowest BCUT2D eigenvalue weighted by atomic mass is 9.78. The Bertz CT molecular complexity index is 282. The molecule has 0 spiro atoms. The van der Waals surface area contributed by atoms with Gasteiger partial charge in [-0.1, -0.05) is 25.7 Å². The van der Waals surface area contributed by atoms with E-state index in [0.29, 0.717) is 6.61 Å². The van der Waals surface area contributed by atoms with E-state index in [9.17, 15) is 4.79 Å². The van der Waals surface area contributed by atoms with Crippen molar-refractivity contribution in [3.8, 4) is 0 Å². The number of carbonyl (C=O) groups excluding carboxylic acids is 1. The maximum atomic E-state index is 12.5. The van der Waals surface area contributed by atoms with Crippen LogP contribution in [-0.2, 0) is 9.53 Å². The Hall–Kier alpha value is -0.320. The molecule has 2 aliphatic rings. The number of nitrogens with one attached hydrogen (secondary N) is 2. The first kappa shape index (κ1) is 17.7. The lowest BCUT2D eigenvalue weighted by Gasteiger charge is -2.35. The van der Waals surface area contributed by atoms with Crippen molar-refractivity contribution in [3.05, 3.63) is 0 Å². The van der Waals surface area contributed by atoms with Gasteiger partial charge >= 0.3 is 0 Å². The highest BCUT2D eigenvalue weighted by Gasteiger charge is 2.39. The van der Waals surface area contributed by atoms with Crippen LogP contribution < -0.4 is 10.6 Å². The Morgan fingerprint density at radius 1 is 1.30 bits per heavy atom. The first-order valence-corrected chi connectivity index (χ1v) is 7.75. The van der Waals surface area contributed by atoms with Crippen molar-refractivity contribution >= 4 is 18.3 Å². The average molecular weight is 305 g/mol. The van der Waals surface area contributed by atoms with E-state index in [1.807, 2.05) is 0 Å². The molecule has 2 N–H and O–H groups in total. The molecule has 0 aromatic carbocycles. The van der Waals surface area contributed by atoms with E-state index in [0.717, 1.165) is 44.8 Å². The summed E-state index contributed by atoms with van der Waals surface area (Å²) in [6.45, 7) is 3.21. The molecule has 1 heterocycles. The second-order valence-electron chi connectivity index (χ2n) is 6.16. The summed E-state index contributed by atoms with van der Waals surface area (Å²) in [5.74, 6) is 1.04. The molecule has 2 rings (SSSR count). The van der Waals surface area contributed by atoms with Gasteiger partial charge in [-0.05, 0) is 38.3 Å². The van der Waals surface area contributed by atoms with Crippen LogP contribution in [0.25, 0.3) is 0 Å². The molecule has 1 saturated carbocycles. The summed E-state index contributed by atoms with van der Waals surface area (Å²) in [7, 11) is 1.69. The zero-order chi connectivity index (χ0) is 13.6. The molecule has 118 valence electrons. The molecule has 1 amide bonds. The van der Waals surface area contributed by atoms with Crippen molar-refractivity contribution in [3.63, 3.8) is 0 Å². The Labute approximate surface area is 128 Å². The highest BCUT2D eigenvalue weighted by molar-refractivity contribution is 5.85. The lowest BCUT2D eigenvalue weighted by molar-refractivity contribution is -0.136. The molecule has 0 aromatic rings. The average Bonchev–Trinajstić information content (AvgIpc) is 2.93. The highest BCUT2D eigenvalue weighted by atomic mass is 35.5. The molecule has 0 radical (unpaired) electrons. The van der Waals surface area contributed by atoms with Gasteiger partial charge in [0.1, 0.15) is 0 Å². The third kappa shape index (κ3) is 4.61. The van der Waals surface area contributed by atoms with Gasteiger partial charge in [0, 0.05) is 13.7 Å². The second-order valence-corrected chi connectivity index (χ2v) is 6.16. The number of piperidine rings is 1. The van der Waals surface area contributed by atoms with Crippen molar-refractivity contribution in [2.24, 2.45) is 11.3 Å². The predicted molar refractivity (Wildman–Crippen MR) is 83.2 cm³/mol. The largest absolute Gasteiger partial charge is 0.384 e. The summed E-state index contributed by atoms with van der Waals surface area (Å²) in [6.07, 6.45) is 8.36. The summed E-state index contributed by atoms with van der Waals surface area (Å²) in [5, 5.41) is 6.48. The first-order chi connectivity index (χ1) is 9.27. The van der Waals surface area contributed by atoms with Crippen LogP contribution in [0.2, 0.25) is 0 Å². The molecular weight excluding hydrogens is 276 g/mol. The molecule has 5 heteroatoms. The van der Waals surface area contributed by atoms with E-state index in [1.54, 1.807) is 7.11 Å². The van der Waals surface area contributed by atoms with Gasteiger partial charge in [0.2, 0.25) is 5.91 Å². The number of amides is 1. The fourth-order valence-corrected chi connectivity index (χ4v) is 3.49. The Balaban J connectivity index is 0.00000200. The fourth-order valence-electron chi connectivity index (χ4n) is 3.49. The molecule has 0 aromatic heterocycles. The van der Waals surface area contributed by atoms with Crippen LogP contribution in [0.4, 0.5) is 0 Å². The van der Waals surface area contributed by atoms with Crippen LogP contribution >= 0.6 is 12.4 Å². The van der Waals surface area contributed by atoms with Crippen molar-refractivity contribution in [2.75, 3.05) is 33.4 Å². The number of ether oxygens (including phenoxy) is 1. The van der Waals surface area contributed by atoms with Crippen LogP contribution in [0.5, 0.6) is 0 Å². The molecule has 2 fully saturated rings. The van der Waals surface area contributed by atoms with Crippen LogP contribution in [-0.4, -0.2) is 39.3 Å². The summed E-state index contributed by atoms with van der Waals surface area (Å²) >= 11 is 0. The number of rotatable bonds is 6. The van der Waals surface area contributed by atoms with Gasteiger partial charge in [-0.15, -0.1) is 12.4 Å².